The molecular weight excluding hydrogens is 550 g/mol. The third-order valence-corrected chi connectivity index (χ3v) is 9.44. The number of piperidine rings is 2. The van der Waals surface area contributed by atoms with E-state index in [2.05, 4.69) is 17.9 Å². The highest BCUT2D eigenvalue weighted by molar-refractivity contribution is 6.30. The van der Waals surface area contributed by atoms with Crippen molar-refractivity contribution in [2.24, 2.45) is 11.3 Å². The van der Waals surface area contributed by atoms with Gasteiger partial charge in [0.25, 0.3) is 11.8 Å². The largest absolute Gasteiger partial charge is 0.385 e. The Kier molecular flexibility index (Phi) is 7.74. The molecule has 222 valence electrons. The molecule has 0 saturated carbocycles. The van der Waals surface area contributed by atoms with Gasteiger partial charge >= 0.3 is 11.8 Å². The highest BCUT2D eigenvalue weighted by Gasteiger charge is 2.85. The van der Waals surface area contributed by atoms with Crippen LogP contribution in [-0.2, 0) is 4.79 Å². The molecule has 41 heavy (non-hydrogen) atoms. The molecule has 3 fully saturated rings. The summed E-state index contributed by atoms with van der Waals surface area (Å²) in [4.78, 5) is 31.3. The molecule has 0 spiro atoms. The Morgan fingerprint density at radius 2 is 1.68 bits per heavy atom. The van der Waals surface area contributed by atoms with E-state index in [1.54, 1.807) is 25.1 Å². The molecule has 0 bridgehead atoms. The van der Waals surface area contributed by atoms with Crippen LogP contribution >= 0.6 is 11.6 Å². The number of halogens is 3. The SMILES string of the molecule is Cc1cc(N2CCC(CC3(C)CCN(C(=O)[C@@]4(O)N(c5cccc(Cl)c5)C4(F)F)CC3)CC2)ccc1C(=O)N(C)C. The van der Waals surface area contributed by atoms with Gasteiger partial charge in [0, 0.05) is 62.2 Å². The first-order chi connectivity index (χ1) is 19.3. The van der Waals surface area contributed by atoms with Crippen LogP contribution in [0.1, 0.15) is 54.9 Å². The van der Waals surface area contributed by atoms with Crippen LogP contribution in [0, 0.1) is 18.3 Å². The number of benzene rings is 2. The van der Waals surface area contributed by atoms with E-state index in [1.165, 1.54) is 23.1 Å². The maximum absolute atomic E-state index is 14.8. The molecule has 0 radical (unpaired) electrons. The van der Waals surface area contributed by atoms with Crippen molar-refractivity contribution in [3.8, 4) is 0 Å². The van der Waals surface area contributed by atoms with Crippen molar-refractivity contribution in [1.82, 2.24) is 9.80 Å². The van der Waals surface area contributed by atoms with E-state index < -0.39 is 17.7 Å². The second-order valence-corrected chi connectivity index (χ2v) is 12.9. The number of anilines is 2. The summed E-state index contributed by atoms with van der Waals surface area (Å²) in [7, 11) is 3.51. The first-order valence-corrected chi connectivity index (χ1v) is 14.7. The zero-order chi connectivity index (χ0) is 29.7. The van der Waals surface area contributed by atoms with Gasteiger partial charge in [-0.3, -0.25) is 14.5 Å². The van der Waals surface area contributed by atoms with E-state index in [4.69, 9.17) is 11.6 Å². The summed E-state index contributed by atoms with van der Waals surface area (Å²) < 4.78 is 29.5. The fourth-order valence-corrected chi connectivity index (χ4v) is 6.76. The average Bonchev–Trinajstić information content (AvgIpc) is 3.40. The summed E-state index contributed by atoms with van der Waals surface area (Å²) in [5.41, 5.74) is -0.0253. The summed E-state index contributed by atoms with van der Waals surface area (Å²) in [6, 6.07) is 8.14. The monoisotopic (exact) mass is 588 g/mol. The number of carbonyl (C=O) groups is 2. The summed E-state index contributed by atoms with van der Waals surface area (Å²) in [5.74, 6) is -0.400. The lowest BCUT2D eigenvalue weighted by Crippen LogP contribution is -2.50. The van der Waals surface area contributed by atoms with Crippen molar-refractivity contribution in [3.05, 3.63) is 58.6 Å². The van der Waals surface area contributed by atoms with Crippen molar-refractivity contribution < 1.29 is 23.5 Å². The molecule has 2 aromatic rings. The molecule has 1 N–H and O–H groups in total. The van der Waals surface area contributed by atoms with E-state index in [0.29, 0.717) is 36.7 Å². The lowest BCUT2D eigenvalue weighted by Gasteiger charge is -2.43. The van der Waals surface area contributed by atoms with Gasteiger partial charge in [0.2, 0.25) is 0 Å². The highest BCUT2D eigenvalue weighted by Crippen LogP contribution is 2.56. The number of aryl methyl sites for hydroxylation is 1. The minimum Gasteiger partial charge on any atom is -0.372 e. The summed E-state index contributed by atoms with van der Waals surface area (Å²) in [6.07, 6.45) is 4.54. The molecule has 3 saturated heterocycles. The second kappa shape index (κ2) is 10.7. The smallest absolute Gasteiger partial charge is 0.372 e. The van der Waals surface area contributed by atoms with Gasteiger partial charge in [-0.15, -0.1) is 0 Å². The lowest BCUT2D eigenvalue weighted by molar-refractivity contribution is -0.151. The average molecular weight is 589 g/mol. The molecule has 10 heteroatoms. The summed E-state index contributed by atoms with van der Waals surface area (Å²) in [6.45, 7) is 6.76. The van der Waals surface area contributed by atoms with Crippen molar-refractivity contribution in [1.29, 1.82) is 0 Å². The Hall–Kier alpha value is -2.91. The number of nitrogens with zero attached hydrogens (tertiary/aromatic N) is 4. The zero-order valence-corrected chi connectivity index (χ0v) is 24.9. The molecule has 3 heterocycles. The number of hydrogen-bond donors (Lipinski definition) is 1. The zero-order valence-electron chi connectivity index (χ0n) is 24.2. The molecule has 0 aromatic heterocycles. The van der Waals surface area contributed by atoms with Crippen molar-refractivity contribution >= 4 is 34.8 Å². The summed E-state index contributed by atoms with van der Waals surface area (Å²) in [5, 5.41) is 11.0. The van der Waals surface area contributed by atoms with E-state index in [0.717, 1.165) is 49.2 Å². The molecule has 3 aliphatic rings. The number of likely N-dealkylation sites (tertiary alicyclic amines) is 1. The Bertz CT molecular complexity index is 1320. The standard InChI is InChI=1S/C31H39ClF2N4O3/c1-21-18-24(8-9-26(21)27(39)35(3)4)36-14-10-22(11-15-36)20-29(2)12-16-37(17-13-29)28(40)30(41)31(33,34)38(30)25-7-5-6-23(32)19-25/h5-9,18-19,22,41H,10-17,20H2,1-4H3/t30-,38?/m0/s1. The van der Waals surface area contributed by atoms with Crippen LogP contribution in [0.25, 0.3) is 0 Å². The molecule has 7 nitrogen and oxygen atoms in total. The van der Waals surface area contributed by atoms with E-state index in [1.807, 2.05) is 19.1 Å². The molecular formula is C31H39ClF2N4O3. The summed E-state index contributed by atoms with van der Waals surface area (Å²) >= 11 is 5.95. The molecule has 1 atom stereocenters. The van der Waals surface area contributed by atoms with Crippen LogP contribution in [0.15, 0.2) is 42.5 Å². The number of carbonyl (C=O) groups excluding carboxylic acids is 2. The van der Waals surface area contributed by atoms with Crippen LogP contribution in [0.5, 0.6) is 0 Å². The fraction of sp³-hybridized carbons (Fsp3) is 0.548. The first-order valence-electron chi connectivity index (χ1n) is 14.3. The third kappa shape index (κ3) is 5.39. The predicted octanol–water partition coefficient (Wildman–Crippen LogP) is 5.39. The maximum Gasteiger partial charge on any atom is 0.385 e. The molecule has 3 aliphatic heterocycles. The number of amides is 2. The Labute approximate surface area is 245 Å². The Balaban J connectivity index is 1.14. The number of hydrogen-bond acceptors (Lipinski definition) is 5. The van der Waals surface area contributed by atoms with Crippen LogP contribution in [0.3, 0.4) is 0 Å². The van der Waals surface area contributed by atoms with Gasteiger partial charge in [0.1, 0.15) is 0 Å². The molecule has 0 unspecified atom stereocenters. The molecule has 2 amide bonds. The van der Waals surface area contributed by atoms with Gasteiger partial charge < -0.3 is 19.8 Å². The Morgan fingerprint density at radius 1 is 1.02 bits per heavy atom. The van der Waals surface area contributed by atoms with Crippen molar-refractivity contribution in [2.45, 2.75) is 57.7 Å². The molecule has 0 aliphatic carbocycles. The molecule has 2 aromatic carbocycles. The van der Waals surface area contributed by atoms with Crippen molar-refractivity contribution in [2.75, 3.05) is 50.1 Å². The van der Waals surface area contributed by atoms with Crippen LogP contribution in [0.4, 0.5) is 20.2 Å². The van der Waals surface area contributed by atoms with Crippen LogP contribution in [0.2, 0.25) is 5.02 Å². The van der Waals surface area contributed by atoms with Crippen molar-refractivity contribution in [3.63, 3.8) is 0 Å². The second-order valence-electron chi connectivity index (χ2n) is 12.5. The number of alkyl halides is 2. The Morgan fingerprint density at radius 3 is 2.27 bits per heavy atom. The van der Waals surface area contributed by atoms with E-state index in [9.17, 15) is 23.5 Å². The first kappa shape index (κ1) is 29.6. The van der Waals surface area contributed by atoms with Crippen LogP contribution in [-0.4, -0.2) is 78.8 Å². The topological polar surface area (TPSA) is 67.1 Å². The third-order valence-electron chi connectivity index (χ3n) is 9.20. The van der Waals surface area contributed by atoms with Gasteiger partial charge in [-0.2, -0.15) is 8.78 Å². The predicted molar refractivity (Wildman–Crippen MR) is 156 cm³/mol. The minimum absolute atomic E-state index is 0.00665. The number of aliphatic hydroxyl groups is 1. The van der Waals surface area contributed by atoms with E-state index in [-0.39, 0.29) is 22.0 Å². The minimum atomic E-state index is -3.69. The van der Waals surface area contributed by atoms with Gasteiger partial charge in [-0.25, -0.2) is 0 Å². The van der Waals surface area contributed by atoms with Crippen LogP contribution < -0.4 is 9.80 Å². The van der Waals surface area contributed by atoms with E-state index >= 15 is 0 Å². The van der Waals surface area contributed by atoms with Gasteiger partial charge in [-0.1, -0.05) is 24.6 Å². The highest BCUT2D eigenvalue weighted by atomic mass is 35.5. The van der Waals surface area contributed by atoms with Gasteiger partial charge in [0.05, 0.1) is 0 Å². The van der Waals surface area contributed by atoms with Gasteiger partial charge in [-0.05, 0) is 92.3 Å². The number of rotatable bonds is 6. The quantitative estimate of drug-likeness (QED) is 0.362. The maximum atomic E-state index is 14.8. The lowest BCUT2D eigenvalue weighted by atomic mass is 9.71. The van der Waals surface area contributed by atoms with Gasteiger partial charge in [0.15, 0.2) is 0 Å². The molecule has 5 rings (SSSR count). The normalized spacial score (nSPS) is 23.9. The fourth-order valence-electron chi connectivity index (χ4n) is 6.58.